The smallest absolute Gasteiger partial charge is 0.355 e. The molecule has 0 fully saturated rings. The minimum absolute atomic E-state index is 0.0661. The van der Waals surface area contributed by atoms with Crippen molar-refractivity contribution in [1.82, 2.24) is 29.7 Å². The molecule has 0 unspecified atom stereocenters. The van der Waals surface area contributed by atoms with Gasteiger partial charge in [-0.05, 0) is 29.8 Å². The second-order valence-electron chi connectivity index (χ2n) is 6.99. The van der Waals surface area contributed by atoms with E-state index in [0.717, 1.165) is 10.1 Å². The first-order valence-corrected chi connectivity index (χ1v) is 10.3. The Morgan fingerprint density at radius 2 is 1.70 bits per heavy atom. The van der Waals surface area contributed by atoms with Crippen LogP contribution in [-0.4, -0.2) is 29.7 Å². The zero-order valence-corrected chi connectivity index (χ0v) is 18.1. The first kappa shape index (κ1) is 20.7. The van der Waals surface area contributed by atoms with Gasteiger partial charge in [0.2, 0.25) is 5.95 Å². The first-order valence-electron chi connectivity index (χ1n) is 9.55. The van der Waals surface area contributed by atoms with Crippen LogP contribution in [0.3, 0.4) is 0 Å². The summed E-state index contributed by atoms with van der Waals surface area (Å²) in [5.74, 6) is 0.293. The van der Waals surface area contributed by atoms with Gasteiger partial charge in [0, 0.05) is 18.0 Å². The summed E-state index contributed by atoms with van der Waals surface area (Å²) in [5.41, 5.74) is 7.91. The van der Waals surface area contributed by atoms with Crippen LogP contribution in [0.15, 0.2) is 64.3 Å². The molecule has 0 amide bonds. The van der Waals surface area contributed by atoms with Crippen LogP contribution < -0.4 is 22.3 Å². The molecule has 0 spiro atoms. The monoisotopic (exact) mass is 480 g/mol. The van der Waals surface area contributed by atoms with E-state index in [1.165, 1.54) is 12.3 Å². The van der Waals surface area contributed by atoms with E-state index in [9.17, 15) is 9.59 Å². The zero-order valence-electron chi connectivity index (χ0n) is 16.6. The van der Waals surface area contributed by atoms with E-state index in [1.807, 2.05) is 12.1 Å². The molecule has 2 aromatic carbocycles. The second kappa shape index (κ2) is 8.08. The van der Waals surface area contributed by atoms with Gasteiger partial charge in [0.25, 0.3) is 5.56 Å². The summed E-state index contributed by atoms with van der Waals surface area (Å²) in [6, 6.07) is 13.6. The predicted octanol–water partition coefficient (Wildman–Crippen LogP) is 3.49. The number of hydrogen-bond acceptors (Lipinski definition) is 7. The topological polar surface area (TPSA) is 147 Å². The Balaban J connectivity index is 1.49. The highest BCUT2D eigenvalue weighted by Gasteiger charge is 2.17. The van der Waals surface area contributed by atoms with Gasteiger partial charge in [-0.2, -0.15) is 9.97 Å². The van der Waals surface area contributed by atoms with Gasteiger partial charge >= 0.3 is 5.69 Å². The van der Waals surface area contributed by atoms with Gasteiger partial charge < -0.3 is 11.1 Å². The van der Waals surface area contributed by atoms with Crippen LogP contribution in [0.2, 0.25) is 10.0 Å². The van der Waals surface area contributed by atoms with Gasteiger partial charge in [-0.3, -0.25) is 15.0 Å². The highest BCUT2D eigenvalue weighted by molar-refractivity contribution is 6.37. The molecule has 5 rings (SSSR count). The fourth-order valence-electron chi connectivity index (χ4n) is 3.33. The molecule has 0 saturated carbocycles. The van der Waals surface area contributed by atoms with Crippen molar-refractivity contribution in [2.45, 2.75) is 0 Å². The molecule has 33 heavy (non-hydrogen) atoms. The number of rotatable bonds is 4. The molecule has 0 saturated heterocycles. The summed E-state index contributed by atoms with van der Waals surface area (Å²) < 4.78 is 1.13. The number of para-hydroxylation sites is 1. The summed E-state index contributed by atoms with van der Waals surface area (Å²) in [4.78, 5) is 36.7. The highest BCUT2D eigenvalue weighted by Crippen LogP contribution is 2.30. The van der Waals surface area contributed by atoms with Crippen molar-refractivity contribution in [3.05, 3.63) is 85.6 Å². The van der Waals surface area contributed by atoms with Crippen LogP contribution in [0.5, 0.6) is 0 Å². The van der Waals surface area contributed by atoms with Gasteiger partial charge in [0.05, 0.1) is 26.8 Å². The van der Waals surface area contributed by atoms with Crippen LogP contribution in [0.4, 0.5) is 17.5 Å². The lowest BCUT2D eigenvalue weighted by Gasteiger charge is -2.14. The van der Waals surface area contributed by atoms with Crippen molar-refractivity contribution in [3.63, 3.8) is 0 Å². The minimum atomic E-state index is -0.676. The lowest BCUT2D eigenvalue weighted by molar-refractivity contribution is 0.940. The van der Waals surface area contributed by atoms with E-state index in [2.05, 4.69) is 30.5 Å². The van der Waals surface area contributed by atoms with Crippen LogP contribution in [0.25, 0.3) is 28.0 Å². The molecule has 5 aromatic rings. The van der Waals surface area contributed by atoms with Crippen LogP contribution in [0, 0.1) is 0 Å². The van der Waals surface area contributed by atoms with Crippen LogP contribution in [0.1, 0.15) is 0 Å². The average molecular weight is 481 g/mol. The van der Waals surface area contributed by atoms with Gasteiger partial charge in [-0.25, -0.2) is 14.3 Å². The standard InChI is InChI=1S/C21H14Cl2N8O2/c22-13-2-1-3-14(23)17(13)31-18(24)12-9-25-20(27-19(12)28-21(31)33)26-11-6-4-10(5-7-11)15-8-16(32)30-29-15/h1-9H,24H2,(H2,29,30,32)(H,26,27,28,33). The lowest BCUT2D eigenvalue weighted by atomic mass is 10.1. The van der Waals surface area contributed by atoms with Gasteiger partial charge in [-0.15, -0.1) is 0 Å². The molecule has 0 aliphatic rings. The number of fused-ring (bicyclic) bond motifs is 1. The molecule has 0 aliphatic heterocycles. The lowest BCUT2D eigenvalue weighted by Crippen LogP contribution is -2.25. The number of anilines is 3. The molecule has 3 heterocycles. The van der Waals surface area contributed by atoms with E-state index in [0.29, 0.717) is 16.8 Å². The predicted molar refractivity (Wildman–Crippen MR) is 127 cm³/mol. The van der Waals surface area contributed by atoms with Crippen molar-refractivity contribution in [3.8, 4) is 16.9 Å². The fraction of sp³-hybridized carbons (Fsp3) is 0. The first-order chi connectivity index (χ1) is 15.9. The summed E-state index contributed by atoms with van der Waals surface area (Å²) in [6.45, 7) is 0. The van der Waals surface area contributed by atoms with Crippen LogP contribution >= 0.6 is 23.2 Å². The van der Waals surface area contributed by atoms with Gasteiger partial charge in [0.15, 0.2) is 5.65 Å². The number of nitrogen functional groups attached to an aromatic ring is 1. The maximum Gasteiger partial charge on any atom is 0.355 e. The number of aromatic nitrogens is 6. The molecule has 10 nitrogen and oxygen atoms in total. The van der Waals surface area contributed by atoms with Gasteiger partial charge in [-0.1, -0.05) is 41.4 Å². The molecule has 12 heteroatoms. The van der Waals surface area contributed by atoms with Crippen molar-refractivity contribution >= 4 is 51.7 Å². The fourth-order valence-corrected chi connectivity index (χ4v) is 3.90. The molecule has 164 valence electrons. The number of benzene rings is 2. The molecule has 0 radical (unpaired) electrons. The van der Waals surface area contributed by atoms with Crippen molar-refractivity contribution in [1.29, 1.82) is 0 Å². The molecule has 5 N–H and O–H groups in total. The Labute approximate surface area is 195 Å². The number of halogens is 2. The SMILES string of the molecule is Nc1c2cnc(Nc3ccc(-c4cc(=O)[nH][nH]4)cc3)nc2nc(=O)n1-c1c(Cl)cccc1Cl. The molecule has 0 aliphatic carbocycles. The number of nitrogens with zero attached hydrogens (tertiary/aromatic N) is 4. The summed E-state index contributed by atoms with van der Waals surface area (Å²) in [7, 11) is 0. The third-order valence-electron chi connectivity index (χ3n) is 4.89. The van der Waals surface area contributed by atoms with E-state index in [1.54, 1.807) is 30.3 Å². The summed E-state index contributed by atoms with van der Waals surface area (Å²) in [5, 5.41) is 9.21. The number of H-pyrrole nitrogens is 2. The molecule has 0 bridgehead atoms. The Bertz CT molecular complexity index is 1600. The maximum atomic E-state index is 12.7. The van der Waals surface area contributed by atoms with E-state index >= 15 is 0 Å². The van der Waals surface area contributed by atoms with Gasteiger partial charge in [0.1, 0.15) is 5.82 Å². The summed E-state index contributed by atoms with van der Waals surface area (Å²) in [6.07, 6.45) is 1.46. The summed E-state index contributed by atoms with van der Waals surface area (Å²) >= 11 is 12.5. The largest absolute Gasteiger partial charge is 0.384 e. The quantitative estimate of drug-likeness (QED) is 0.307. The van der Waals surface area contributed by atoms with E-state index < -0.39 is 5.69 Å². The number of nitrogens with one attached hydrogen (secondary N) is 3. The number of aromatic amines is 2. The molecule has 0 atom stereocenters. The molecular weight excluding hydrogens is 467 g/mol. The molecule has 3 aromatic heterocycles. The third-order valence-corrected chi connectivity index (χ3v) is 5.50. The maximum absolute atomic E-state index is 12.7. The Morgan fingerprint density at radius 1 is 0.970 bits per heavy atom. The second-order valence-corrected chi connectivity index (χ2v) is 7.81. The number of hydrogen-bond donors (Lipinski definition) is 4. The Morgan fingerprint density at radius 3 is 2.36 bits per heavy atom. The van der Waals surface area contributed by atoms with Crippen molar-refractivity contribution in [2.75, 3.05) is 11.1 Å². The Kier molecular flexibility index (Phi) is 5.08. The average Bonchev–Trinajstić information content (AvgIpc) is 3.22. The zero-order chi connectivity index (χ0) is 23.1. The molecular formula is C21H14Cl2N8O2. The number of nitrogens with two attached hydrogens (primary N) is 1. The van der Waals surface area contributed by atoms with Crippen LogP contribution in [-0.2, 0) is 0 Å². The third kappa shape index (κ3) is 3.81. The van der Waals surface area contributed by atoms with Crippen molar-refractivity contribution < 1.29 is 0 Å². The minimum Gasteiger partial charge on any atom is -0.384 e. The Hall–Kier alpha value is -4.15. The normalized spacial score (nSPS) is 11.1. The van der Waals surface area contributed by atoms with E-state index in [-0.39, 0.29) is 38.7 Å². The van der Waals surface area contributed by atoms with E-state index in [4.69, 9.17) is 28.9 Å². The van der Waals surface area contributed by atoms with Crippen molar-refractivity contribution in [2.24, 2.45) is 0 Å². The highest BCUT2D eigenvalue weighted by atomic mass is 35.5.